The van der Waals surface area contributed by atoms with E-state index in [2.05, 4.69) is 0 Å². The molecule has 0 amide bonds. The zero-order valence-electron chi connectivity index (χ0n) is 14.1. The molecule has 2 rings (SSSR count). The summed E-state index contributed by atoms with van der Waals surface area (Å²) < 4.78 is 23.4. The number of hydrogen-bond acceptors (Lipinski definition) is 6. The van der Waals surface area contributed by atoms with Crippen LogP contribution in [0.1, 0.15) is 43.6 Å². The molecular formula is C16H23NO6. The average Bonchev–Trinajstić information content (AvgIpc) is 2.42. The third-order valence-corrected chi connectivity index (χ3v) is 3.99. The van der Waals surface area contributed by atoms with Gasteiger partial charge in [-0.15, -0.1) is 0 Å². The maximum Gasteiger partial charge on any atom is 0.338 e. The zero-order chi connectivity index (χ0) is 17.4. The molecule has 1 aliphatic heterocycles. The Kier molecular flexibility index (Phi) is 4.45. The molecule has 0 saturated heterocycles. The van der Waals surface area contributed by atoms with Gasteiger partial charge in [0.05, 0.1) is 11.3 Å². The third-order valence-electron chi connectivity index (χ3n) is 3.99. The molecule has 0 aliphatic carbocycles. The van der Waals surface area contributed by atoms with E-state index in [0.29, 0.717) is 30.3 Å². The van der Waals surface area contributed by atoms with E-state index < -0.39 is 17.5 Å². The number of carbonyl (C=O) groups is 1. The van der Waals surface area contributed by atoms with E-state index in [1.54, 1.807) is 20.8 Å². The van der Waals surface area contributed by atoms with Crippen molar-refractivity contribution in [2.24, 2.45) is 0 Å². The summed E-state index contributed by atoms with van der Waals surface area (Å²) in [5.74, 6) is -2.93. The smallest absolute Gasteiger partial charge is 0.338 e. The summed E-state index contributed by atoms with van der Waals surface area (Å²) in [5, 5.41) is 9.34. The number of carboxylic acids is 1. The second-order valence-electron chi connectivity index (χ2n) is 5.56. The maximum atomic E-state index is 11.4. The monoisotopic (exact) mass is 325 g/mol. The fourth-order valence-electron chi connectivity index (χ4n) is 2.74. The molecule has 1 unspecified atom stereocenters. The van der Waals surface area contributed by atoms with Crippen LogP contribution in [0.4, 0.5) is 5.69 Å². The van der Waals surface area contributed by atoms with Crippen LogP contribution in [0.2, 0.25) is 0 Å². The second-order valence-corrected chi connectivity index (χ2v) is 5.56. The fourth-order valence-corrected chi connectivity index (χ4v) is 2.74. The number of nitrogens with two attached hydrogens (primary N) is 1. The minimum absolute atomic E-state index is 0.00814. The van der Waals surface area contributed by atoms with Crippen molar-refractivity contribution in [1.82, 2.24) is 0 Å². The van der Waals surface area contributed by atoms with Crippen LogP contribution in [0, 0.1) is 6.92 Å². The highest BCUT2D eigenvalue weighted by atomic mass is 16.8. The van der Waals surface area contributed by atoms with Crippen LogP contribution in [-0.4, -0.2) is 35.9 Å². The predicted octanol–water partition coefficient (Wildman–Crippen LogP) is 2.55. The Bertz CT molecular complexity index is 631. The average molecular weight is 325 g/mol. The number of anilines is 1. The first-order valence-corrected chi connectivity index (χ1v) is 7.51. The van der Waals surface area contributed by atoms with E-state index in [-0.39, 0.29) is 11.3 Å². The van der Waals surface area contributed by atoms with Crippen LogP contribution >= 0.6 is 0 Å². The van der Waals surface area contributed by atoms with Crippen molar-refractivity contribution in [3.05, 3.63) is 17.2 Å². The van der Waals surface area contributed by atoms with Gasteiger partial charge in [0.25, 0.3) is 11.6 Å². The molecule has 0 spiro atoms. The Labute approximate surface area is 135 Å². The summed E-state index contributed by atoms with van der Waals surface area (Å²) in [6, 6.07) is 1.44. The molecule has 1 aromatic carbocycles. The van der Waals surface area contributed by atoms with Gasteiger partial charge >= 0.3 is 5.97 Å². The van der Waals surface area contributed by atoms with Gasteiger partial charge in [0, 0.05) is 38.7 Å². The molecule has 1 aliphatic rings. The Balaban J connectivity index is 2.61. The number of nitrogen functional groups attached to an aromatic ring is 1. The first-order chi connectivity index (χ1) is 10.7. The molecule has 0 saturated carbocycles. The van der Waals surface area contributed by atoms with E-state index in [1.165, 1.54) is 6.07 Å². The van der Waals surface area contributed by atoms with Gasteiger partial charge in [-0.25, -0.2) is 4.79 Å². The van der Waals surface area contributed by atoms with Crippen LogP contribution in [0.3, 0.4) is 0 Å². The van der Waals surface area contributed by atoms with Gasteiger partial charge < -0.3 is 29.8 Å². The third kappa shape index (κ3) is 2.70. The maximum absolute atomic E-state index is 11.4. The Morgan fingerprint density at radius 3 is 2.22 bits per heavy atom. The molecule has 7 heteroatoms. The lowest BCUT2D eigenvalue weighted by atomic mass is 10.0. The molecule has 7 nitrogen and oxygen atoms in total. The van der Waals surface area contributed by atoms with Crippen LogP contribution in [0.5, 0.6) is 11.5 Å². The van der Waals surface area contributed by atoms with Crippen molar-refractivity contribution in [3.63, 3.8) is 0 Å². The summed E-state index contributed by atoms with van der Waals surface area (Å²) in [5.41, 5.74) is 6.33. The molecule has 0 radical (unpaired) electrons. The van der Waals surface area contributed by atoms with Crippen molar-refractivity contribution in [2.45, 2.75) is 46.2 Å². The Morgan fingerprint density at radius 1 is 1.22 bits per heavy atom. The molecule has 0 fully saturated rings. The van der Waals surface area contributed by atoms with E-state index in [4.69, 9.17) is 24.7 Å². The van der Waals surface area contributed by atoms with Crippen LogP contribution in [0.15, 0.2) is 6.07 Å². The number of carboxylic acid groups (broad SMARTS) is 1. The highest BCUT2D eigenvalue weighted by Gasteiger charge is 2.56. The lowest BCUT2D eigenvalue weighted by molar-refractivity contribution is -0.357. The minimum atomic E-state index is -1.23. The molecular weight excluding hydrogens is 302 g/mol. The van der Waals surface area contributed by atoms with Gasteiger partial charge in [-0.2, -0.15) is 0 Å². The normalized spacial score (nSPS) is 26.1. The van der Waals surface area contributed by atoms with E-state index in [9.17, 15) is 9.90 Å². The van der Waals surface area contributed by atoms with Gasteiger partial charge in [-0.1, -0.05) is 0 Å². The van der Waals surface area contributed by atoms with Gasteiger partial charge in [0.1, 0.15) is 0 Å². The molecule has 1 heterocycles. The first kappa shape index (κ1) is 17.4. The Morgan fingerprint density at radius 2 is 1.74 bits per heavy atom. The van der Waals surface area contributed by atoms with Crippen molar-refractivity contribution < 1.29 is 28.8 Å². The van der Waals surface area contributed by atoms with Crippen molar-refractivity contribution in [3.8, 4) is 11.5 Å². The van der Waals surface area contributed by atoms with Gasteiger partial charge in [-0.05, 0) is 20.8 Å². The van der Waals surface area contributed by atoms with Gasteiger partial charge in [-0.3, -0.25) is 0 Å². The second kappa shape index (κ2) is 5.90. The molecule has 3 N–H and O–H groups in total. The van der Waals surface area contributed by atoms with Crippen LogP contribution in [0.25, 0.3) is 0 Å². The Hall–Kier alpha value is -1.99. The lowest BCUT2D eigenvalue weighted by Gasteiger charge is -2.48. The number of benzene rings is 1. The first-order valence-electron chi connectivity index (χ1n) is 7.51. The van der Waals surface area contributed by atoms with Crippen molar-refractivity contribution in [2.75, 3.05) is 18.9 Å². The lowest BCUT2D eigenvalue weighted by Crippen LogP contribution is -2.63. The quantitative estimate of drug-likeness (QED) is 0.802. The van der Waals surface area contributed by atoms with Crippen molar-refractivity contribution in [1.29, 1.82) is 0 Å². The molecule has 1 aromatic rings. The summed E-state index contributed by atoms with van der Waals surface area (Å²) in [6.07, 6.45) is 0. The van der Waals surface area contributed by atoms with Crippen molar-refractivity contribution >= 4 is 11.7 Å². The van der Waals surface area contributed by atoms with Gasteiger partial charge in [0.2, 0.25) is 0 Å². The number of aromatic carboxylic acids is 1. The highest BCUT2D eigenvalue weighted by molar-refractivity contribution is 5.97. The highest BCUT2D eigenvalue weighted by Crippen LogP contribution is 2.48. The number of rotatable bonds is 5. The van der Waals surface area contributed by atoms with E-state index in [1.807, 2.05) is 13.8 Å². The molecule has 0 aromatic heterocycles. The van der Waals surface area contributed by atoms with Gasteiger partial charge in [0.15, 0.2) is 11.5 Å². The minimum Gasteiger partial charge on any atom is -0.478 e. The summed E-state index contributed by atoms with van der Waals surface area (Å²) in [4.78, 5) is 11.4. The predicted molar refractivity (Wildman–Crippen MR) is 83.9 cm³/mol. The molecule has 128 valence electrons. The zero-order valence-corrected chi connectivity index (χ0v) is 14.1. The summed E-state index contributed by atoms with van der Waals surface area (Å²) >= 11 is 0. The fraction of sp³-hybridized carbons (Fsp3) is 0.562. The number of fused-ring (bicyclic) bond motifs is 1. The van der Waals surface area contributed by atoms with Crippen LogP contribution in [-0.2, 0) is 9.47 Å². The standard InChI is InChI=1S/C16H23NO6/c1-6-20-15(4)16(5,21-7-2)23-13-9(3)12(14(18)19)10(17)8-11(13)22-15/h8H,6-7,17H2,1-5H3,(H,18,19)/t15-,16?/m1/s1. The largest absolute Gasteiger partial charge is 0.478 e. The molecule has 0 bridgehead atoms. The van der Waals surface area contributed by atoms with E-state index >= 15 is 0 Å². The topological polar surface area (TPSA) is 100 Å². The summed E-state index contributed by atoms with van der Waals surface area (Å²) in [6.45, 7) is 9.46. The number of ether oxygens (including phenoxy) is 4. The SMILES string of the molecule is CCOC1(C)Oc2c(cc(N)c(C(=O)O)c2C)O[C@@]1(C)OCC. The molecule has 2 atom stereocenters. The van der Waals surface area contributed by atoms with E-state index in [0.717, 1.165) is 0 Å². The van der Waals surface area contributed by atoms with Crippen LogP contribution < -0.4 is 15.2 Å². The number of hydrogen-bond donors (Lipinski definition) is 2. The molecule has 23 heavy (non-hydrogen) atoms. The summed E-state index contributed by atoms with van der Waals surface area (Å²) in [7, 11) is 0.